The minimum atomic E-state index is -0.746. The predicted molar refractivity (Wildman–Crippen MR) is 132 cm³/mol. The summed E-state index contributed by atoms with van der Waals surface area (Å²) in [7, 11) is 0. The normalized spacial score (nSPS) is 18.1. The standard InChI is InChI=1S/C26H38FN5O2/c1-16(2)12-13-23(33)29-22(15-18(4)32-14-7-6-9-17(32)3)26(34)28-19(5)25-30-21-11-8-10-20(27)24(21)31-25/h8,10-11,16-17,19,22H,4,6-7,9,12-15H2,1-3,5H3,(H,28,34)(H,29,33)(H,30,31)/t17-,19-,22-/m0/s1. The molecule has 1 fully saturated rings. The van der Waals surface area contributed by atoms with E-state index >= 15 is 0 Å². The average molecular weight is 472 g/mol. The van der Waals surface area contributed by atoms with Crippen molar-refractivity contribution in [3.05, 3.63) is 42.1 Å². The van der Waals surface area contributed by atoms with Gasteiger partial charge >= 0.3 is 0 Å². The molecule has 7 nitrogen and oxygen atoms in total. The number of para-hydroxylation sites is 1. The number of carbonyl (C=O) groups is 2. The maximum Gasteiger partial charge on any atom is 0.243 e. The number of imidazole rings is 1. The van der Waals surface area contributed by atoms with Gasteiger partial charge in [-0.1, -0.05) is 26.5 Å². The smallest absolute Gasteiger partial charge is 0.243 e. The van der Waals surface area contributed by atoms with Crippen molar-refractivity contribution in [1.82, 2.24) is 25.5 Å². The number of hydrogen-bond donors (Lipinski definition) is 3. The summed E-state index contributed by atoms with van der Waals surface area (Å²) in [6.07, 6.45) is 4.84. The summed E-state index contributed by atoms with van der Waals surface area (Å²) < 4.78 is 14.0. The van der Waals surface area contributed by atoms with Crippen LogP contribution in [0.25, 0.3) is 11.0 Å². The van der Waals surface area contributed by atoms with E-state index in [9.17, 15) is 14.0 Å². The molecule has 0 unspecified atom stereocenters. The molecule has 0 bridgehead atoms. The molecule has 1 aliphatic heterocycles. The molecule has 3 atom stereocenters. The number of hydrogen-bond acceptors (Lipinski definition) is 4. The number of H-pyrrole nitrogens is 1. The topological polar surface area (TPSA) is 90.1 Å². The second kappa shape index (κ2) is 11.5. The quantitative estimate of drug-likeness (QED) is 0.473. The highest BCUT2D eigenvalue weighted by Gasteiger charge is 2.28. The highest BCUT2D eigenvalue weighted by Crippen LogP contribution is 2.23. The van der Waals surface area contributed by atoms with Crippen LogP contribution >= 0.6 is 0 Å². The van der Waals surface area contributed by atoms with E-state index in [0.29, 0.717) is 36.1 Å². The Kier molecular flexibility index (Phi) is 8.69. The molecule has 0 saturated carbocycles. The van der Waals surface area contributed by atoms with Crippen LogP contribution in [0, 0.1) is 11.7 Å². The number of benzene rings is 1. The SMILES string of the molecule is C=C(C[C@H](NC(=O)CCC(C)C)C(=O)N[C@@H](C)c1nc2c(F)cccc2[nH]1)N1CCCC[C@@H]1C. The lowest BCUT2D eigenvalue weighted by atomic mass is 10.0. The zero-order valence-electron chi connectivity index (χ0n) is 20.8. The van der Waals surface area contributed by atoms with Crippen LogP contribution in [0.15, 0.2) is 30.5 Å². The van der Waals surface area contributed by atoms with Crippen molar-refractivity contribution >= 4 is 22.8 Å². The lowest BCUT2D eigenvalue weighted by Crippen LogP contribution is -2.49. The minimum absolute atomic E-state index is 0.146. The maximum absolute atomic E-state index is 14.0. The number of nitrogens with zero attached hydrogens (tertiary/aromatic N) is 2. The second-order valence-electron chi connectivity index (χ2n) is 9.85. The second-order valence-corrected chi connectivity index (χ2v) is 9.85. The maximum atomic E-state index is 14.0. The van der Waals surface area contributed by atoms with E-state index in [1.807, 2.05) is 0 Å². The van der Waals surface area contributed by atoms with Gasteiger partial charge in [0, 0.05) is 31.1 Å². The van der Waals surface area contributed by atoms with Gasteiger partial charge < -0.3 is 20.5 Å². The van der Waals surface area contributed by atoms with Gasteiger partial charge in [-0.15, -0.1) is 0 Å². The zero-order valence-corrected chi connectivity index (χ0v) is 20.8. The van der Waals surface area contributed by atoms with Crippen molar-refractivity contribution in [3.8, 4) is 0 Å². The van der Waals surface area contributed by atoms with Crippen LogP contribution in [-0.4, -0.2) is 45.3 Å². The molecule has 1 saturated heterocycles. The van der Waals surface area contributed by atoms with E-state index in [-0.39, 0.29) is 17.3 Å². The molecule has 34 heavy (non-hydrogen) atoms. The first kappa shape index (κ1) is 25.7. The van der Waals surface area contributed by atoms with Gasteiger partial charge in [0.15, 0.2) is 5.82 Å². The number of amides is 2. The Balaban J connectivity index is 1.71. The Morgan fingerprint density at radius 1 is 1.26 bits per heavy atom. The van der Waals surface area contributed by atoms with Gasteiger partial charge in [-0.05, 0) is 57.6 Å². The molecule has 8 heteroatoms. The molecular formula is C26H38FN5O2. The van der Waals surface area contributed by atoms with Crippen LogP contribution in [0.5, 0.6) is 0 Å². The fourth-order valence-electron chi connectivity index (χ4n) is 4.42. The van der Waals surface area contributed by atoms with Gasteiger partial charge in [0.1, 0.15) is 17.4 Å². The molecule has 0 radical (unpaired) electrons. The summed E-state index contributed by atoms with van der Waals surface area (Å²) in [4.78, 5) is 35.5. The highest BCUT2D eigenvalue weighted by molar-refractivity contribution is 5.88. The van der Waals surface area contributed by atoms with Crippen LogP contribution in [0.2, 0.25) is 0 Å². The Hall–Kier alpha value is -2.90. The van der Waals surface area contributed by atoms with Gasteiger partial charge in [-0.3, -0.25) is 9.59 Å². The summed E-state index contributed by atoms with van der Waals surface area (Å²) in [5, 5.41) is 5.86. The van der Waals surface area contributed by atoms with Crippen molar-refractivity contribution in [2.24, 2.45) is 5.92 Å². The van der Waals surface area contributed by atoms with Crippen LogP contribution in [0.3, 0.4) is 0 Å². The van der Waals surface area contributed by atoms with Crippen molar-refractivity contribution in [1.29, 1.82) is 0 Å². The lowest BCUT2D eigenvalue weighted by molar-refractivity contribution is -0.129. The number of carbonyl (C=O) groups excluding carboxylic acids is 2. The zero-order chi connectivity index (χ0) is 24.8. The van der Waals surface area contributed by atoms with E-state index in [0.717, 1.165) is 31.5 Å². The molecule has 2 heterocycles. The number of rotatable bonds is 10. The number of aromatic amines is 1. The summed E-state index contributed by atoms with van der Waals surface area (Å²) in [5.74, 6) is -0.0118. The molecule has 3 N–H and O–H groups in total. The van der Waals surface area contributed by atoms with Gasteiger partial charge in [-0.2, -0.15) is 0 Å². The first-order valence-corrected chi connectivity index (χ1v) is 12.3. The molecule has 1 aromatic heterocycles. The third-order valence-corrected chi connectivity index (χ3v) is 6.50. The number of likely N-dealkylation sites (tertiary alicyclic amines) is 1. The first-order valence-electron chi connectivity index (χ1n) is 12.3. The summed E-state index contributed by atoms with van der Waals surface area (Å²) >= 11 is 0. The lowest BCUT2D eigenvalue weighted by Gasteiger charge is -2.37. The fraction of sp³-hybridized carbons (Fsp3) is 0.577. The largest absolute Gasteiger partial charge is 0.373 e. The van der Waals surface area contributed by atoms with Crippen LogP contribution < -0.4 is 10.6 Å². The van der Waals surface area contributed by atoms with E-state index in [1.54, 1.807) is 19.1 Å². The Morgan fingerprint density at radius 2 is 2.03 bits per heavy atom. The van der Waals surface area contributed by atoms with Crippen LogP contribution in [0.1, 0.15) is 78.1 Å². The van der Waals surface area contributed by atoms with Crippen molar-refractivity contribution in [3.63, 3.8) is 0 Å². The minimum Gasteiger partial charge on any atom is -0.373 e. The molecule has 3 rings (SSSR count). The Bertz CT molecular complexity index is 1020. The summed E-state index contributed by atoms with van der Waals surface area (Å²) in [6.45, 7) is 13.2. The van der Waals surface area contributed by atoms with Gasteiger partial charge in [0.25, 0.3) is 0 Å². The van der Waals surface area contributed by atoms with Crippen molar-refractivity contribution in [2.45, 2.75) is 84.3 Å². The number of fused-ring (bicyclic) bond motifs is 1. The van der Waals surface area contributed by atoms with Gasteiger partial charge in [0.2, 0.25) is 11.8 Å². The molecule has 1 aromatic carbocycles. The first-order chi connectivity index (χ1) is 16.2. The monoisotopic (exact) mass is 471 g/mol. The molecule has 2 amide bonds. The molecule has 0 aliphatic carbocycles. The van der Waals surface area contributed by atoms with E-state index in [2.05, 4.69) is 52.9 Å². The van der Waals surface area contributed by atoms with E-state index < -0.39 is 17.9 Å². The molecule has 0 spiro atoms. The van der Waals surface area contributed by atoms with Gasteiger partial charge in [-0.25, -0.2) is 9.37 Å². The molecule has 1 aliphatic rings. The highest BCUT2D eigenvalue weighted by atomic mass is 19.1. The number of nitrogens with one attached hydrogen (secondary N) is 3. The summed E-state index contributed by atoms with van der Waals surface area (Å²) in [5.41, 5.74) is 1.67. The van der Waals surface area contributed by atoms with Crippen molar-refractivity contribution in [2.75, 3.05) is 6.54 Å². The average Bonchev–Trinajstić information content (AvgIpc) is 3.23. The Morgan fingerprint density at radius 3 is 2.71 bits per heavy atom. The van der Waals surface area contributed by atoms with Gasteiger partial charge in [0.05, 0.1) is 11.6 Å². The van der Waals surface area contributed by atoms with Crippen molar-refractivity contribution < 1.29 is 14.0 Å². The fourth-order valence-corrected chi connectivity index (χ4v) is 4.42. The third kappa shape index (κ3) is 6.58. The predicted octanol–water partition coefficient (Wildman–Crippen LogP) is 4.58. The Labute approximate surface area is 201 Å². The summed E-state index contributed by atoms with van der Waals surface area (Å²) in [6, 6.07) is 3.84. The number of aromatic nitrogens is 2. The van der Waals surface area contributed by atoms with Crippen LogP contribution in [0.4, 0.5) is 4.39 Å². The number of halogens is 1. The third-order valence-electron chi connectivity index (χ3n) is 6.50. The number of piperidine rings is 1. The van der Waals surface area contributed by atoms with E-state index in [1.165, 1.54) is 12.5 Å². The van der Waals surface area contributed by atoms with E-state index in [4.69, 9.17) is 0 Å². The molecule has 2 aromatic rings. The van der Waals surface area contributed by atoms with Crippen LogP contribution in [-0.2, 0) is 9.59 Å². The molecular weight excluding hydrogens is 433 g/mol. The molecule has 186 valence electrons.